The van der Waals surface area contributed by atoms with Gasteiger partial charge in [-0.05, 0) is 42.8 Å². The van der Waals surface area contributed by atoms with E-state index in [4.69, 9.17) is 9.47 Å². The Kier molecular flexibility index (Phi) is 5.41. The van der Waals surface area contributed by atoms with Crippen molar-refractivity contribution in [3.05, 3.63) is 58.1 Å². The summed E-state index contributed by atoms with van der Waals surface area (Å²) in [6.45, 7) is 3.20. The summed E-state index contributed by atoms with van der Waals surface area (Å²) < 4.78 is 12.1. The standard InChI is InChI=1S/C19H20BrNO3/c1-2-23-15-6-3-13(4-7-15)11-19(22)21-17-9-10-24-18-8-5-14(20)12-16(17)18/h3-8,12,17H,2,9-11H2,1H3,(H,21,22). The molecule has 1 heterocycles. The number of benzene rings is 2. The average Bonchev–Trinajstić information content (AvgIpc) is 2.57. The lowest BCUT2D eigenvalue weighted by Crippen LogP contribution is -2.33. The first-order valence-electron chi connectivity index (χ1n) is 8.09. The van der Waals surface area contributed by atoms with E-state index in [1.807, 2.05) is 49.4 Å². The van der Waals surface area contributed by atoms with E-state index in [0.717, 1.165) is 33.5 Å². The van der Waals surface area contributed by atoms with Crippen LogP contribution >= 0.6 is 15.9 Å². The lowest BCUT2D eigenvalue weighted by atomic mass is 10.00. The van der Waals surface area contributed by atoms with Gasteiger partial charge >= 0.3 is 0 Å². The fourth-order valence-corrected chi connectivity index (χ4v) is 3.19. The Hall–Kier alpha value is -2.01. The molecule has 0 spiro atoms. The van der Waals surface area contributed by atoms with Crippen LogP contribution < -0.4 is 14.8 Å². The normalized spacial score (nSPS) is 16.0. The van der Waals surface area contributed by atoms with Crippen LogP contribution in [0.1, 0.15) is 30.5 Å². The van der Waals surface area contributed by atoms with Crippen LogP contribution in [0.5, 0.6) is 11.5 Å². The third-order valence-electron chi connectivity index (χ3n) is 3.95. The Morgan fingerprint density at radius 2 is 2.08 bits per heavy atom. The van der Waals surface area contributed by atoms with Crippen molar-refractivity contribution in [1.82, 2.24) is 5.32 Å². The molecule has 0 bridgehead atoms. The Balaban J connectivity index is 1.64. The molecule has 2 aromatic carbocycles. The lowest BCUT2D eigenvalue weighted by molar-refractivity contribution is -0.121. The Bertz CT molecular complexity index is 715. The van der Waals surface area contributed by atoms with Crippen molar-refractivity contribution >= 4 is 21.8 Å². The highest BCUT2D eigenvalue weighted by molar-refractivity contribution is 9.10. The summed E-state index contributed by atoms with van der Waals surface area (Å²) in [7, 11) is 0. The number of nitrogens with one attached hydrogen (secondary N) is 1. The number of halogens is 1. The van der Waals surface area contributed by atoms with Gasteiger partial charge in [-0.2, -0.15) is 0 Å². The van der Waals surface area contributed by atoms with E-state index in [2.05, 4.69) is 21.2 Å². The predicted molar refractivity (Wildman–Crippen MR) is 96.5 cm³/mol. The number of rotatable bonds is 5. The van der Waals surface area contributed by atoms with Gasteiger partial charge in [-0.3, -0.25) is 4.79 Å². The average molecular weight is 390 g/mol. The van der Waals surface area contributed by atoms with Gasteiger partial charge in [0, 0.05) is 16.5 Å². The molecule has 0 fully saturated rings. The molecule has 1 atom stereocenters. The summed E-state index contributed by atoms with van der Waals surface area (Å²) in [5.74, 6) is 1.68. The second kappa shape index (κ2) is 7.71. The summed E-state index contributed by atoms with van der Waals surface area (Å²) in [6.07, 6.45) is 1.13. The van der Waals surface area contributed by atoms with Crippen LogP contribution in [-0.2, 0) is 11.2 Å². The van der Waals surface area contributed by atoms with E-state index in [1.54, 1.807) is 0 Å². The highest BCUT2D eigenvalue weighted by Gasteiger charge is 2.23. The van der Waals surface area contributed by atoms with Crippen molar-refractivity contribution in [3.63, 3.8) is 0 Å². The molecular weight excluding hydrogens is 370 g/mol. The first kappa shape index (κ1) is 16.8. The zero-order valence-corrected chi connectivity index (χ0v) is 15.1. The molecular formula is C19H20BrNO3. The molecule has 0 saturated carbocycles. The first-order valence-corrected chi connectivity index (χ1v) is 8.88. The van der Waals surface area contributed by atoms with E-state index in [-0.39, 0.29) is 11.9 Å². The molecule has 1 aliphatic rings. The van der Waals surface area contributed by atoms with Gasteiger partial charge in [-0.25, -0.2) is 0 Å². The molecule has 1 aliphatic heterocycles. The van der Waals surface area contributed by atoms with Crippen LogP contribution in [0, 0.1) is 0 Å². The van der Waals surface area contributed by atoms with E-state index in [0.29, 0.717) is 19.6 Å². The number of carbonyl (C=O) groups excluding carboxylic acids is 1. The van der Waals surface area contributed by atoms with Crippen LogP contribution in [0.3, 0.4) is 0 Å². The summed E-state index contributed by atoms with van der Waals surface area (Å²) in [6, 6.07) is 13.5. The molecule has 2 aromatic rings. The Morgan fingerprint density at radius 3 is 2.83 bits per heavy atom. The maximum atomic E-state index is 12.4. The van der Waals surface area contributed by atoms with Crippen LogP contribution in [0.15, 0.2) is 46.9 Å². The van der Waals surface area contributed by atoms with Gasteiger partial charge in [0.05, 0.1) is 25.7 Å². The molecule has 0 saturated heterocycles. The summed E-state index contributed by atoms with van der Waals surface area (Å²) in [4.78, 5) is 12.4. The van der Waals surface area contributed by atoms with Crippen LogP contribution in [0.25, 0.3) is 0 Å². The summed E-state index contributed by atoms with van der Waals surface area (Å²) in [5, 5.41) is 3.12. The third-order valence-corrected chi connectivity index (χ3v) is 4.44. The maximum Gasteiger partial charge on any atom is 0.224 e. The molecule has 1 N–H and O–H groups in total. The smallest absolute Gasteiger partial charge is 0.224 e. The number of fused-ring (bicyclic) bond motifs is 1. The van der Waals surface area contributed by atoms with Gasteiger partial charge in [0.25, 0.3) is 0 Å². The molecule has 1 unspecified atom stereocenters. The van der Waals surface area contributed by atoms with Gasteiger partial charge in [-0.15, -0.1) is 0 Å². The fourth-order valence-electron chi connectivity index (χ4n) is 2.82. The van der Waals surface area contributed by atoms with Gasteiger partial charge in [-0.1, -0.05) is 28.1 Å². The number of ether oxygens (including phenoxy) is 2. The van der Waals surface area contributed by atoms with E-state index in [1.165, 1.54) is 0 Å². The van der Waals surface area contributed by atoms with Gasteiger partial charge in [0.2, 0.25) is 5.91 Å². The zero-order valence-electron chi connectivity index (χ0n) is 13.5. The summed E-state index contributed by atoms with van der Waals surface area (Å²) >= 11 is 3.48. The predicted octanol–water partition coefficient (Wildman–Crippen LogP) is 4.03. The largest absolute Gasteiger partial charge is 0.494 e. The van der Waals surface area contributed by atoms with E-state index >= 15 is 0 Å². The first-order chi connectivity index (χ1) is 11.7. The van der Waals surface area contributed by atoms with Crippen molar-refractivity contribution in [2.24, 2.45) is 0 Å². The maximum absolute atomic E-state index is 12.4. The second-order valence-corrected chi connectivity index (χ2v) is 6.61. The third kappa shape index (κ3) is 4.09. The molecule has 1 amide bonds. The van der Waals surface area contributed by atoms with Crippen molar-refractivity contribution in [2.45, 2.75) is 25.8 Å². The van der Waals surface area contributed by atoms with Crippen molar-refractivity contribution in [1.29, 1.82) is 0 Å². The number of hydrogen-bond donors (Lipinski definition) is 1. The van der Waals surface area contributed by atoms with E-state index in [9.17, 15) is 4.79 Å². The number of hydrogen-bond acceptors (Lipinski definition) is 3. The lowest BCUT2D eigenvalue weighted by Gasteiger charge is -2.27. The minimum Gasteiger partial charge on any atom is -0.494 e. The Morgan fingerprint density at radius 1 is 1.29 bits per heavy atom. The molecule has 0 aromatic heterocycles. The van der Waals surface area contributed by atoms with Crippen LogP contribution in [-0.4, -0.2) is 19.1 Å². The molecule has 5 heteroatoms. The monoisotopic (exact) mass is 389 g/mol. The minimum atomic E-state index is -0.0125. The molecule has 3 rings (SSSR count). The van der Waals surface area contributed by atoms with Crippen molar-refractivity contribution in [2.75, 3.05) is 13.2 Å². The number of carbonyl (C=O) groups is 1. The molecule has 0 aliphatic carbocycles. The van der Waals surface area contributed by atoms with E-state index < -0.39 is 0 Å². The van der Waals surface area contributed by atoms with Gasteiger partial charge < -0.3 is 14.8 Å². The quantitative estimate of drug-likeness (QED) is 0.839. The van der Waals surface area contributed by atoms with Crippen molar-refractivity contribution < 1.29 is 14.3 Å². The molecule has 24 heavy (non-hydrogen) atoms. The molecule has 4 nitrogen and oxygen atoms in total. The SMILES string of the molecule is CCOc1ccc(CC(=O)NC2CCOc3ccc(Br)cc32)cc1. The van der Waals surface area contributed by atoms with Gasteiger partial charge in [0.15, 0.2) is 0 Å². The highest BCUT2D eigenvalue weighted by atomic mass is 79.9. The summed E-state index contributed by atoms with van der Waals surface area (Å²) in [5.41, 5.74) is 1.99. The number of amides is 1. The van der Waals surface area contributed by atoms with Gasteiger partial charge in [0.1, 0.15) is 11.5 Å². The zero-order chi connectivity index (χ0) is 16.9. The highest BCUT2D eigenvalue weighted by Crippen LogP contribution is 2.34. The Labute approximate surface area is 150 Å². The molecule has 126 valence electrons. The molecule has 0 radical (unpaired) electrons. The van der Waals surface area contributed by atoms with Crippen molar-refractivity contribution in [3.8, 4) is 11.5 Å². The van der Waals surface area contributed by atoms with Crippen LogP contribution in [0.4, 0.5) is 0 Å². The topological polar surface area (TPSA) is 47.6 Å². The second-order valence-electron chi connectivity index (χ2n) is 5.69. The minimum absolute atomic E-state index is 0.0111. The van der Waals surface area contributed by atoms with Crippen LogP contribution in [0.2, 0.25) is 0 Å². The fraction of sp³-hybridized carbons (Fsp3) is 0.316.